The molecule has 1 atom stereocenters. The molecule has 0 aliphatic rings. The Morgan fingerprint density at radius 3 is 2.89 bits per heavy atom. The minimum atomic E-state index is -0.628. The third-order valence-electron chi connectivity index (χ3n) is 3.68. The number of aromatic nitrogens is 2. The van der Waals surface area contributed by atoms with Crippen molar-refractivity contribution in [3.05, 3.63) is 52.9 Å². The van der Waals surface area contributed by atoms with Crippen molar-refractivity contribution in [1.82, 2.24) is 15.5 Å². The number of carbonyl (C=O) groups is 1. The van der Waals surface area contributed by atoms with Crippen LogP contribution in [0.15, 0.2) is 41.1 Å². The van der Waals surface area contributed by atoms with Crippen molar-refractivity contribution in [2.24, 2.45) is 0 Å². The number of hydrogen-bond donors (Lipinski definition) is 2. The molecule has 3 rings (SSSR count). The van der Waals surface area contributed by atoms with E-state index >= 15 is 0 Å². The van der Waals surface area contributed by atoms with Crippen LogP contribution >= 0.6 is 11.3 Å². The van der Waals surface area contributed by atoms with Gasteiger partial charge < -0.3 is 19.7 Å². The Balaban J connectivity index is 1.72. The van der Waals surface area contributed by atoms with Gasteiger partial charge in [-0.15, -0.1) is 0 Å². The third-order valence-corrected chi connectivity index (χ3v) is 4.52. The van der Waals surface area contributed by atoms with Crippen molar-refractivity contribution < 1.29 is 19.2 Å². The van der Waals surface area contributed by atoms with Crippen LogP contribution in [0, 0.1) is 6.92 Å². The summed E-state index contributed by atoms with van der Waals surface area (Å²) in [6.07, 6.45) is 4.55. The normalized spacial score (nSPS) is 12.3. The van der Waals surface area contributed by atoms with Gasteiger partial charge in [0.15, 0.2) is 0 Å². The summed E-state index contributed by atoms with van der Waals surface area (Å²) in [5.74, 6) is 0.704. The molecule has 1 amide bonds. The summed E-state index contributed by atoms with van der Waals surface area (Å²) in [5, 5.41) is 16.6. The first-order valence-electron chi connectivity index (χ1n) is 8.31. The van der Waals surface area contributed by atoms with Crippen LogP contribution in [0.25, 0.3) is 23.4 Å². The van der Waals surface area contributed by atoms with Crippen LogP contribution in [0.4, 0.5) is 4.79 Å². The minimum Gasteiger partial charge on any atom is -0.397 e. The fourth-order valence-electron chi connectivity index (χ4n) is 2.30. The highest BCUT2D eigenvalue weighted by atomic mass is 32.1. The van der Waals surface area contributed by atoms with Gasteiger partial charge in [0.2, 0.25) is 5.06 Å². The zero-order chi connectivity index (χ0) is 19.2. The second-order valence-corrected chi connectivity index (χ2v) is 6.86. The molecule has 8 heteroatoms. The van der Waals surface area contributed by atoms with Gasteiger partial charge >= 0.3 is 6.09 Å². The topological polar surface area (TPSA) is 97.5 Å². The number of thiazole rings is 1. The summed E-state index contributed by atoms with van der Waals surface area (Å²) in [6, 6.07) is 9.39. The Morgan fingerprint density at radius 1 is 1.37 bits per heavy atom. The smallest absolute Gasteiger partial charge is 0.397 e. The summed E-state index contributed by atoms with van der Waals surface area (Å²) < 4.78 is 10.5. The molecule has 2 aromatic heterocycles. The molecule has 0 saturated carbocycles. The monoisotopic (exact) mass is 385 g/mol. The van der Waals surface area contributed by atoms with Crippen LogP contribution < -0.4 is 10.1 Å². The first-order chi connectivity index (χ1) is 13.1. The zero-order valence-corrected chi connectivity index (χ0v) is 15.7. The van der Waals surface area contributed by atoms with Crippen LogP contribution in [0.3, 0.4) is 0 Å². The number of amides is 1. The third kappa shape index (κ3) is 4.81. The van der Waals surface area contributed by atoms with Crippen molar-refractivity contribution in [3.63, 3.8) is 0 Å². The molecule has 0 bridgehead atoms. The lowest BCUT2D eigenvalue weighted by atomic mass is 10.1. The predicted molar refractivity (Wildman–Crippen MR) is 103 cm³/mol. The van der Waals surface area contributed by atoms with Crippen LogP contribution in [0.5, 0.6) is 5.06 Å². The molecule has 2 N–H and O–H groups in total. The summed E-state index contributed by atoms with van der Waals surface area (Å²) in [5.41, 5.74) is 2.59. The number of ether oxygens (including phenoxy) is 1. The van der Waals surface area contributed by atoms with Gasteiger partial charge in [-0.3, -0.25) is 0 Å². The van der Waals surface area contributed by atoms with Gasteiger partial charge in [0.25, 0.3) is 0 Å². The van der Waals surface area contributed by atoms with E-state index in [1.807, 2.05) is 49.4 Å². The van der Waals surface area contributed by atoms with Crippen LogP contribution in [-0.2, 0) is 0 Å². The number of hydrogen-bond acceptors (Lipinski definition) is 7. The lowest BCUT2D eigenvalue weighted by Crippen LogP contribution is -2.36. The molecule has 0 radical (unpaired) electrons. The number of nitrogens with zero attached hydrogens (tertiary/aromatic N) is 2. The van der Waals surface area contributed by atoms with E-state index in [0.717, 1.165) is 16.8 Å². The zero-order valence-electron chi connectivity index (χ0n) is 14.9. The van der Waals surface area contributed by atoms with E-state index in [-0.39, 0.29) is 12.6 Å². The van der Waals surface area contributed by atoms with E-state index in [9.17, 15) is 4.79 Å². The Kier molecular flexibility index (Phi) is 6.00. The summed E-state index contributed by atoms with van der Waals surface area (Å²) in [6.45, 7) is 3.36. The Bertz CT molecular complexity index is 934. The average Bonchev–Trinajstić information content (AvgIpc) is 3.26. The number of benzene rings is 1. The van der Waals surface area contributed by atoms with Gasteiger partial charge in [0, 0.05) is 11.1 Å². The highest BCUT2D eigenvalue weighted by molar-refractivity contribution is 7.14. The van der Waals surface area contributed by atoms with Crippen molar-refractivity contribution in [2.45, 2.75) is 19.9 Å². The van der Waals surface area contributed by atoms with Crippen molar-refractivity contribution in [2.75, 3.05) is 6.61 Å². The van der Waals surface area contributed by atoms with E-state index in [1.165, 1.54) is 17.5 Å². The number of aliphatic hydroxyl groups excluding tert-OH is 1. The predicted octanol–water partition coefficient (Wildman–Crippen LogP) is 3.75. The van der Waals surface area contributed by atoms with Crippen molar-refractivity contribution >= 4 is 29.6 Å². The maximum Gasteiger partial charge on any atom is 0.413 e. The van der Waals surface area contributed by atoms with Gasteiger partial charge in [-0.1, -0.05) is 46.8 Å². The fourth-order valence-corrected chi connectivity index (χ4v) is 2.97. The first-order valence-corrected chi connectivity index (χ1v) is 9.13. The SMILES string of the molecule is Cc1onc(-c2ccccc2)c1/C=C/c1ncc(OC(=O)NC(C)CO)s1. The van der Waals surface area contributed by atoms with Crippen molar-refractivity contribution in [1.29, 1.82) is 0 Å². The second kappa shape index (κ2) is 8.61. The number of rotatable bonds is 6. The van der Waals surface area contributed by atoms with E-state index < -0.39 is 6.09 Å². The minimum absolute atomic E-state index is 0.159. The van der Waals surface area contributed by atoms with E-state index in [4.69, 9.17) is 14.4 Å². The van der Waals surface area contributed by atoms with Gasteiger partial charge in [-0.05, 0) is 26.0 Å². The van der Waals surface area contributed by atoms with Gasteiger partial charge in [0.05, 0.1) is 18.8 Å². The Morgan fingerprint density at radius 2 is 2.15 bits per heavy atom. The maximum absolute atomic E-state index is 11.7. The molecule has 0 saturated heterocycles. The number of carbonyl (C=O) groups excluding carboxylic acids is 1. The fraction of sp³-hybridized carbons (Fsp3) is 0.211. The van der Waals surface area contributed by atoms with Gasteiger partial charge in [-0.2, -0.15) is 0 Å². The molecule has 3 aromatic rings. The summed E-state index contributed by atoms with van der Waals surface area (Å²) >= 11 is 1.23. The number of aliphatic hydroxyl groups is 1. The number of aryl methyl sites for hydroxylation is 1. The van der Waals surface area contributed by atoms with Crippen molar-refractivity contribution in [3.8, 4) is 16.3 Å². The van der Waals surface area contributed by atoms with Gasteiger partial charge in [0.1, 0.15) is 16.5 Å². The Hall–Kier alpha value is -2.97. The Labute approximate surface area is 160 Å². The maximum atomic E-state index is 11.7. The van der Waals surface area contributed by atoms with Gasteiger partial charge in [-0.25, -0.2) is 9.78 Å². The molecule has 1 aromatic carbocycles. The summed E-state index contributed by atoms with van der Waals surface area (Å²) in [7, 11) is 0. The summed E-state index contributed by atoms with van der Waals surface area (Å²) in [4.78, 5) is 15.9. The molecule has 7 nitrogen and oxygen atoms in total. The largest absolute Gasteiger partial charge is 0.413 e. The van der Waals surface area contributed by atoms with E-state index in [2.05, 4.69) is 15.5 Å². The number of nitrogens with one attached hydrogen (secondary N) is 1. The highest BCUT2D eigenvalue weighted by Gasteiger charge is 2.13. The second-order valence-electron chi connectivity index (χ2n) is 5.84. The molecule has 140 valence electrons. The lowest BCUT2D eigenvalue weighted by molar-refractivity contribution is 0.187. The van der Waals surface area contributed by atoms with E-state index in [1.54, 1.807) is 6.92 Å². The van der Waals surface area contributed by atoms with E-state index in [0.29, 0.717) is 15.8 Å². The molecule has 2 heterocycles. The average molecular weight is 385 g/mol. The standard InChI is InChI=1S/C19H19N3O4S/c1-12(11-23)21-19(24)25-17-10-20-16(27-17)9-8-15-13(2)26-22-18(15)14-6-4-3-5-7-14/h3-10,12,23H,11H2,1-2H3,(H,21,24)/b9-8+. The molecule has 0 spiro atoms. The molecule has 1 unspecified atom stereocenters. The molecule has 27 heavy (non-hydrogen) atoms. The molecule has 0 fully saturated rings. The first kappa shape index (κ1) is 18.8. The van der Waals surface area contributed by atoms with Crippen LogP contribution in [0.2, 0.25) is 0 Å². The molecular weight excluding hydrogens is 366 g/mol. The highest BCUT2D eigenvalue weighted by Crippen LogP contribution is 2.28. The molecule has 0 aliphatic heterocycles. The quantitative estimate of drug-likeness (QED) is 0.671. The van der Waals surface area contributed by atoms with Crippen LogP contribution in [-0.4, -0.2) is 34.0 Å². The molecular formula is C19H19N3O4S. The van der Waals surface area contributed by atoms with Crippen LogP contribution in [0.1, 0.15) is 23.3 Å². The molecule has 0 aliphatic carbocycles. The lowest BCUT2D eigenvalue weighted by Gasteiger charge is -2.09.